The number of halogens is 1. The maximum Gasteiger partial charge on any atom is 0.162 e. The minimum atomic E-state index is -0.318. The quantitative estimate of drug-likeness (QED) is 0.836. The molecule has 2 N–H and O–H groups in total. The minimum absolute atomic E-state index is 0.318. The lowest BCUT2D eigenvalue weighted by molar-refractivity contribution is -0.0515. The number of hydrogen-bond donors (Lipinski definition) is 1. The van der Waals surface area contributed by atoms with Crippen LogP contribution in [-0.4, -0.2) is 17.1 Å². The molecule has 0 aliphatic heterocycles. The summed E-state index contributed by atoms with van der Waals surface area (Å²) in [7, 11) is 1.75. The third-order valence-electron chi connectivity index (χ3n) is 3.50. The number of nitrogens with zero attached hydrogens (tertiary/aromatic N) is 2. The van der Waals surface area contributed by atoms with Gasteiger partial charge in [-0.1, -0.05) is 19.3 Å². The molecule has 1 aliphatic carbocycles. The Labute approximate surface area is 115 Å². The van der Waals surface area contributed by atoms with Gasteiger partial charge in [-0.3, -0.25) is 0 Å². The summed E-state index contributed by atoms with van der Waals surface area (Å²) in [5.41, 5.74) is 6.55. The number of aromatic nitrogens is 2. The molecule has 0 bridgehead atoms. The number of rotatable bonds is 2. The average Bonchev–Trinajstić information content (AvgIpc) is 2.36. The maximum atomic E-state index is 5.93. The van der Waals surface area contributed by atoms with Crippen LogP contribution in [0.4, 0.5) is 5.82 Å². The molecule has 1 aliphatic rings. The van der Waals surface area contributed by atoms with Gasteiger partial charge in [0.15, 0.2) is 5.82 Å². The summed E-state index contributed by atoms with van der Waals surface area (Å²) in [5, 5.41) is 0. The predicted octanol–water partition coefficient (Wildman–Crippen LogP) is 2.78. The largest absolute Gasteiger partial charge is 0.383 e. The van der Waals surface area contributed by atoms with Gasteiger partial charge in [-0.25, -0.2) is 9.97 Å². The molecule has 0 radical (unpaired) electrons. The van der Waals surface area contributed by atoms with Gasteiger partial charge in [-0.15, -0.1) is 0 Å². The lowest BCUT2D eigenvalue weighted by Crippen LogP contribution is -2.34. The minimum Gasteiger partial charge on any atom is -0.383 e. The van der Waals surface area contributed by atoms with Crippen LogP contribution in [0.5, 0.6) is 0 Å². The van der Waals surface area contributed by atoms with Gasteiger partial charge < -0.3 is 10.5 Å². The highest BCUT2D eigenvalue weighted by Gasteiger charge is 2.37. The summed E-state index contributed by atoms with van der Waals surface area (Å²) < 4.78 is 6.67. The monoisotopic (exact) mass is 347 g/mol. The second-order valence-corrected chi connectivity index (χ2v) is 5.67. The van der Waals surface area contributed by atoms with E-state index in [0.29, 0.717) is 5.82 Å². The Kier molecular flexibility index (Phi) is 3.87. The fraction of sp³-hybridized carbons (Fsp3) is 0.667. The van der Waals surface area contributed by atoms with Crippen molar-refractivity contribution in [2.24, 2.45) is 0 Å². The third kappa shape index (κ3) is 2.40. The van der Waals surface area contributed by atoms with Crippen LogP contribution in [0.25, 0.3) is 0 Å². The molecule has 5 heteroatoms. The summed E-state index contributed by atoms with van der Waals surface area (Å²) in [6.07, 6.45) is 5.58. The number of hydrogen-bond acceptors (Lipinski definition) is 4. The molecule has 0 saturated heterocycles. The van der Waals surface area contributed by atoms with Gasteiger partial charge in [0.2, 0.25) is 0 Å². The van der Waals surface area contributed by atoms with E-state index in [1.165, 1.54) is 19.3 Å². The van der Waals surface area contributed by atoms with Gasteiger partial charge >= 0.3 is 0 Å². The molecule has 2 rings (SSSR count). The van der Waals surface area contributed by atoms with E-state index in [1.807, 2.05) is 6.92 Å². The van der Waals surface area contributed by atoms with E-state index in [1.54, 1.807) is 7.11 Å². The van der Waals surface area contributed by atoms with Gasteiger partial charge in [0.05, 0.1) is 9.26 Å². The molecule has 17 heavy (non-hydrogen) atoms. The maximum absolute atomic E-state index is 5.93. The van der Waals surface area contributed by atoms with Crippen molar-refractivity contribution in [3.8, 4) is 0 Å². The van der Waals surface area contributed by atoms with Crippen LogP contribution >= 0.6 is 22.6 Å². The van der Waals surface area contributed by atoms with Crippen molar-refractivity contribution in [2.75, 3.05) is 12.8 Å². The SMILES string of the molecule is COC1(c2nc(C)c(I)c(N)n2)CCCCC1. The van der Waals surface area contributed by atoms with E-state index >= 15 is 0 Å². The first-order valence-electron chi connectivity index (χ1n) is 5.94. The smallest absolute Gasteiger partial charge is 0.162 e. The number of nitrogens with two attached hydrogens (primary N) is 1. The second-order valence-electron chi connectivity index (χ2n) is 4.59. The van der Waals surface area contributed by atoms with Crippen molar-refractivity contribution in [3.63, 3.8) is 0 Å². The van der Waals surface area contributed by atoms with Crippen LogP contribution in [0.15, 0.2) is 0 Å². The van der Waals surface area contributed by atoms with Gasteiger partial charge in [-0.2, -0.15) is 0 Å². The first-order valence-corrected chi connectivity index (χ1v) is 7.02. The van der Waals surface area contributed by atoms with Crippen molar-refractivity contribution in [1.82, 2.24) is 9.97 Å². The molecule has 0 unspecified atom stereocenters. The molecule has 0 spiro atoms. The second kappa shape index (κ2) is 5.06. The van der Waals surface area contributed by atoms with Crippen molar-refractivity contribution < 1.29 is 4.74 Å². The Hall–Kier alpha value is -0.430. The highest BCUT2D eigenvalue weighted by Crippen LogP contribution is 2.39. The molecule has 1 fully saturated rings. The Bertz CT molecular complexity index is 393. The van der Waals surface area contributed by atoms with Crippen LogP contribution in [0.2, 0.25) is 0 Å². The number of nitrogen functional groups attached to an aromatic ring is 1. The van der Waals surface area contributed by atoms with E-state index in [2.05, 4.69) is 32.6 Å². The molecule has 1 saturated carbocycles. The van der Waals surface area contributed by atoms with E-state index in [4.69, 9.17) is 10.5 Å². The molecule has 0 amide bonds. The van der Waals surface area contributed by atoms with Crippen LogP contribution in [0.3, 0.4) is 0 Å². The normalized spacial score (nSPS) is 19.2. The topological polar surface area (TPSA) is 61.0 Å². The number of methoxy groups -OCH3 is 1. The highest BCUT2D eigenvalue weighted by atomic mass is 127. The molecule has 94 valence electrons. The van der Waals surface area contributed by atoms with Gasteiger partial charge in [-0.05, 0) is 42.4 Å². The fourth-order valence-electron chi connectivity index (χ4n) is 2.43. The molecule has 1 aromatic rings. The number of anilines is 1. The van der Waals surface area contributed by atoms with Crippen LogP contribution in [0, 0.1) is 10.5 Å². The standard InChI is InChI=1S/C12H18IN3O/c1-8-9(13)10(14)16-11(15-8)12(17-2)6-4-3-5-7-12/h3-7H2,1-2H3,(H2,14,15,16). The third-order valence-corrected chi connectivity index (χ3v) is 4.84. The number of aryl methyl sites for hydroxylation is 1. The van der Waals surface area contributed by atoms with Crippen LogP contribution < -0.4 is 5.73 Å². The first kappa shape index (κ1) is 13.0. The van der Waals surface area contributed by atoms with E-state index < -0.39 is 0 Å². The average molecular weight is 347 g/mol. The van der Waals surface area contributed by atoms with Crippen molar-refractivity contribution in [3.05, 3.63) is 15.1 Å². The zero-order chi connectivity index (χ0) is 12.5. The highest BCUT2D eigenvalue weighted by molar-refractivity contribution is 14.1. The van der Waals surface area contributed by atoms with E-state index in [-0.39, 0.29) is 5.60 Å². The fourth-order valence-corrected chi connectivity index (χ4v) is 2.67. The lowest BCUT2D eigenvalue weighted by Gasteiger charge is -2.34. The van der Waals surface area contributed by atoms with Crippen molar-refractivity contribution in [1.29, 1.82) is 0 Å². The molecule has 1 aromatic heterocycles. The van der Waals surface area contributed by atoms with E-state index in [9.17, 15) is 0 Å². The molecular formula is C12H18IN3O. The molecular weight excluding hydrogens is 329 g/mol. The Morgan fingerprint density at radius 3 is 2.41 bits per heavy atom. The summed E-state index contributed by atoms with van der Waals surface area (Å²) in [5.74, 6) is 1.32. The van der Waals surface area contributed by atoms with Crippen molar-refractivity contribution >= 4 is 28.4 Å². The zero-order valence-electron chi connectivity index (χ0n) is 10.3. The molecule has 4 nitrogen and oxygen atoms in total. The zero-order valence-corrected chi connectivity index (χ0v) is 12.5. The summed E-state index contributed by atoms with van der Waals surface area (Å²) in [4.78, 5) is 9.01. The van der Waals surface area contributed by atoms with Crippen molar-refractivity contribution in [2.45, 2.75) is 44.6 Å². The Balaban J connectivity index is 2.43. The Morgan fingerprint density at radius 1 is 1.24 bits per heavy atom. The van der Waals surface area contributed by atoms with Gasteiger partial charge in [0.25, 0.3) is 0 Å². The van der Waals surface area contributed by atoms with E-state index in [0.717, 1.165) is 27.9 Å². The summed E-state index contributed by atoms with van der Waals surface area (Å²) in [6.45, 7) is 1.97. The summed E-state index contributed by atoms with van der Waals surface area (Å²) in [6, 6.07) is 0. The molecule has 0 atom stereocenters. The molecule has 1 heterocycles. The molecule has 0 aromatic carbocycles. The Morgan fingerprint density at radius 2 is 1.88 bits per heavy atom. The van der Waals surface area contributed by atoms with Crippen LogP contribution in [-0.2, 0) is 10.3 Å². The van der Waals surface area contributed by atoms with Crippen LogP contribution in [0.1, 0.15) is 43.6 Å². The van der Waals surface area contributed by atoms with Gasteiger partial charge in [0.1, 0.15) is 11.4 Å². The predicted molar refractivity (Wildman–Crippen MR) is 75.7 cm³/mol. The van der Waals surface area contributed by atoms with Gasteiger partial charge in [0, 0.05) is 7.11 Å². The number of ether oxygens (including phenoxy) is 1. The lowest BCUT2D eigenvalue weighted by atomic mass is 9.84. The first-order chi connectivity index (χ1) is 8.09. The summed E-state index contributed by atoms with van der Waals surface area (Å²) >= 11 is 2.18.